The first-order valence-corrected chi connectivity index (χ1v) is 10.8. The molecule has 8 heteroatoms. The van der Waals surface area contributed by atoms with Crippen molar-refractivity contribution in [2.24, 2.45) is 0 Å². The molecule has 0 spiro atoms. The average Bonchev–Trinajstić information content (AvgIpc) is 2.85. The standard InChI is InChI=1S/C25H25FN4O3/c26-20-7-4-8-21(13-20)29-24(33)30-11-9-25(10-12-30,19-5-2-1-3-6-19)14-23-27-15-18(16-28-23)22(32)17-31/h1-8,13,15-16,31H,9-12,14,17H2,(H,29,33). The van der Waals surface area contributed by atoms with Gasteiger partial charge in [0.2, 0.25) is 0 Å². The maximum Gasteiger partial charge on any atom is 0.321 e. The van der Waals surface area contributed by atoms with E-state index in [0.717, 1.165) is 5.56 Å². The average molecular weight is 448 g/mol. The number of amides is 2. The number of aromatic nitrogens is 2. The third kappa shape index (κ3) is 5.23. The van der Waals surface area contributed by atoms with Gasteiger partial charge in [-0.15, -0.1) is 0 Å². The molecular formula is C25H25FN4O3. The fraction of sp³-hybridized carbons (Fsp3) is 0.280. The van der Waals surface area contributed by atoms with Crippen molar-refractivity contribution in [3.63, 3.8) is 0 Å². The minimum absolute atomic E-state index is 0.259. The van der Waals surface area contributed by atoms with Crippen molar-refractivity contribution >= 4 is 17.5 Å². The van der Waals surface area contributed by atoms with Crippen LogP contribution in [0.1, 0.15) is 34.6 Å². The summed E-state index contributed by atoms with van der Waals surface area (Å²) < 4.78 is 13.4. The van der Waals surface area contributed by atoms with Gasteiger partial charge in [0.05, 0.1) is 5.56 Å². The van der Waals surface area contributed by atoms with Crippen molar-refractivity contribution < 1.29 is 19.1 Å². The lowest BCUT2D eigenvalue weighted by atomic mass is 9.70. The second kappa shape index (κ2) is 9.87. The number of Topliss-reactive ketones (excluding diaryl/α,β-unsaturated/α-hetero) is 1. The van der Waals surface area contributed by atoms with E-state index < -0.39 is 18.2 Å². The van der Waals surface area contributed by atoms with Gasteiger partial charge in [-0.1, -0.05) is 36.4 Å². The summed E-state index contributed by atoms with van der Waals surface area (Å²) in [4.78, 5) is 34.8. The molecule has 2 aromatic carbocycles. The summed E-state index contributed by atoms with van der Waals surface area (Å²) in [5.41, 5.74) is 1.58. The molecule has 2 heterocycles. The second-order valence-electron chi connectivity index (χ2n) is 8.22. The van der Waals surface area contributed by atoms with Crippen LogP contribution in [-0.4, -0.2) is 51.5 Å². The fourth-order valence-corrected chi connectivity index (χ4v) is 4.25. The monoisotopic (exact) mass is 448 g/mol. The molecule has 0 bridgehead atoms. The van der Waals surface area contributed by atoms with Crippen molar-refractivity contribution in [2.45, 2.75) is 24.7 Å². The summed E-state index contributed by atoms with van der Waals surface area (Å²) >= 11 is 0. The Bertz CT molecular complexity index is 1110. The molecule has 2 N–H and O–H groups in total. The Balaban J connectivity index is 1.50. The maximum absolute atomic E-state index is 13.4. The summed E-state index contributed by atoms with van der Waals surface area (Å²) in [5, 5.41) is 11.8. The lowest BCUT2D eigenvalue weighted by Crippen LogP contribution is -2.47. The van der Waals surface area contributed by atoms with Crippen LogP contribution in [-0.2, 0) is 11.8 Å². The smallest absolute Gasteiger partial charge is 0.321 e. The molecule has 1 aliphatic heterocycles. The normalized spacial score (nSPS) is 15.2. The summed E-state index contributed by atoms with van der Waals surface area (Å²) in [6, 6.07) is 15.7. The van der Waals surface area contributed by atoms with Gasteiger partial charge >= 0.3 is 6.03 Å². The number of anilines is 1. The van der Waals surface area contributed by atoms with E-state index in [2.05, 4.69) is 27.4 Å². The first-order chi connectivity index (χ1) is 16.0. The first-order valence-electron chi connectivity index (χ1n) is 10.8. The largest absolute Gasteiger partial charge is 0.388 e. The lowest BCUT2D eigenvalue weighted by molar-refractivity contribution is 0.0903. The number of urea groups is 1. The van der Waals surface area contributed by atoms with Crippen LogP contribution in [0.2, 0.25) is 0 Å². The number of aliphatic hydroxyl groups is 1. The zero-order valence-corrected chi connectivity index (χ0v) is 18.1. The summed E-state index contributed by atoms with van der Waals surface area (Å²) in [6.45, 7) is 0.471. The number of carbonyl (C=O) groups is 2. The highest BCUT2D eigenvalue weighted by molar-refractivity contribution is 5.96. The Kier molecular flexibility index (Phi) is 6.74. The molecule has 2 amide bonds. The Labute approximate surface area is 191 Å². The molecule has 0 unspecified atom stereocenters. The SMILES string of the molecule is O=C(CO)c1cnc(CC2(c3ccccc3)CCN(C(=O)Nc3cccc(F)c3)CC2)nc1. The number of hydrogen-bond acceptors (Lipinski definition) is 5. The van der Waals surface area contributed by atoms with E-state index >= 15 is 0 Å². The topological polar surface area (TPSA) is 95.4 Å². The van der Waals surface area contributed by atoms with Gasteiger partial charge in [-0.2, -0.15) is 0 Å². The molecule has 170 valence electrons. The number of carbonyl (C=O) groups excluding carboxylic acids is 2. The number of piperidine rings is 1. The van der Waals surface area contributed by atoms with Gasteiger partial charge in [-0.25, -0.2) is 19.2 Å². The van der Waals surface area contributed by atoms with Gasteiger partial charge in [-0.05, 0) is 36.6 Å². The molecule has 0 aliphatic carbocycles. The van der Waals surface area contributed by atoms with Gasteiger partial charge in [0.1, 0.15) is 18.2 Å². The molecule has 3 aromatic rings. The summed E-state index contributed by atoms with van der Waals surface area (Å²) in [7, 11) is 0. The van der Waals surface area contributed by atoms with E-state index in [1.807, 2.05) is 18.2 Å². The van der Waals surface area contributed by atoms with Crippen LogP contribution in [0.4, 0.5) is 14.9 Å². The maximum atomic E-state index is 13.4. The van der Waals surface area contributed by atoms with Gasteiger partial charge in [0.15, 0.2) is 5.78 Å². The molecule has 33 heavy (non-hydrogen) atoms. The molecule has 1 saturated heterocycles. The Hall–Kier alpha value is -3.65. The molecule has 0 radical (unpaired) electrons. The van der Waals surface area contributed by atoms with Crippen LogP contribution >= 0.6 is 0 Å². The van der Waals surface area contributed by atoms with Gasteiger partial charge in [0, 0.05) is 43.0 Å². The van der Waals surface area contributed by atoms with E-state index in [-0.39, 0.29) is 17.0 Å². The van der Waals surface area contributed by atoms with Crippen LogP contribution < -0.4 is 5.32 Å². The summed E-state index contributed by atoms with van der Waals surface area (Å²) in [6.07, 6.45) is 4.86. The van der Waals surface area contributed by atoms with Crippen molar-refractivity contribution in [1.29, 1.82) is 0 Å². The van der Waals surface area contributed by atoms with Crippen LogP contribution in [0.15, 0.2) is 67.0 Å². The van der Waals surface area contributed by atoms with E-state index in [9.17, 15) is 14.0 Å². The van der Waals surface area contributed by atoms with Crippen LogP contribution in [0, 0.1) is 5.82 Å². The van der Waals surface area contributed by atoms with Crippen molar-refractivity contribution in [2.75, 3.05) is 25.0 Å². The molecule has 0 atom stereocenters. The number of benzene rings is 2. The van der Waals surface area contributed by atoms with Crippen LogP contribution in [0.25, 0.3) is 0 Å². The van der Waals surface area contributed by atoms with Gasteiger partial charge in [-0.3, -0.25) is 4.79 Å². The quantitative estimate of drug-likeness (QED) is 0.562. The fourth-order valence-electron chi connectivity index (χ4n) is 4.25. The number of nitrogens with zero attached hydrogens (tertiary/aromatic N) is 3. The predicted octanol–water partition coefficient (Wildman–Crippen LogP) is 3.60. The third-order valence-corrected chi connectivity index (χ3v) is 6.14. The van der Waals surface area contributed by atoms with Crippen molar-refractivity contribution in [3.05, 3.63) is 89.8 Å². The van der Waals surface area contributed by atoms with E-state index in [0.29, 0.717) is 43.9 Å². The number of hydrogen-bond donors (Lipinski definition) is 2. The summed E-state index contributed by atoms with van der Waals surface area (Å²) in [5.74, 6) is -0.218. The molecule has 1 aromatic heterocycles. The van der Waals surface area contributed by atoms with E-state index in [1.165, 1.54) is 24.5 Å². The number of nitrogens with one attached hydrogen (secondary N) is 1. The van der Waals surface area contributed by atoms with E-state index in [1.54, 1.807) is 17.0 Å². The van der Waals surface area contributed by atoms with Gasteiger partial charge < -0.3 is 15.3 Å². The molecule has 1 fully saturated rings. The van der Waals surface area contributed by atoms with E-state index in [4.69, 9.17) is 5.11 Å². The van der Waals surface area contributed by atoms with Gasteiger partial charge in [0.25, 0.3) is 0 Å². The second-order valence-corrected chi connectivity index (χ2v) is 8.22. The number of rotatable bonds is 6. The molecule has 7 nitrogen and oxygen atoms in total. The Morgan fingerprint density at radius 1 is 1.03 bits per heavy atom. The predicted molar refractivity (Wildman–Crippen MR) is 121 cm³/mol. The highest BCUT2D eigenvalue weighted by atomic mass is 19.1. The highest BCUT2D eigenvalue weighted by Crippen LogP contribution is 2.38. The minimum atomic E-state index is -0.579. The molecule has 4 rings (SSSR count). The molecule has 1 aliphatic rings. The highest BCUT2D eigenvalue weighted by Gasteiger charge is 2.38. The third-order valence-electron chi connectivity index (χ3n) is 6.14. The van der Waals surface area contributed by atoms with Crippen molar-refractivity contribution in [1.82, 2.24) is 14.9 Å². The zero-order chi connectivity index (χ0) is 23.3. The Morgan fingerprint density at radius 2 is 1.73 bits per heavy atom. The zero-order valence-electron chi connectivity index (χ0n) is 18.1. The van der Waals surface area contributed by atoms with Crippen LogP contribution in [0.5, 0.6) is 0 Å². The Morgan fingerprint density at radius 3 is 2.36 bits per heavy atom. The number of halogens is 1. The first kappa shape index (κ1) is 22.5. The lowest BCUT2D eigenvalue weighted by Gasteiger charge is -2.42. The number of ketones is 1. The van der Waals surface area contributed by atoms with Crippen LogP contribution in [0.3, 0.4) is 0 Å². The van der Waals surface area contributed by atoms with Crippen molar-refractivity contribution in [3.8, 4) is 0 Å². The number of aliphatic hydroxyl groups excluding tert-OH is 1. The minimum Gasteiger partial charge on any atom is -0.388 e. The number of likely N-dealkylation sites (tertiary alicyclic amines) is 1. The molecule has 0 saturated carbocycles. The molecular weight excluding hydrogens is 423 g/mol.